The van der Waals surface area contributed by atoms with Gasteiger partial charge in [-0.25, -0.2) is 0 Å². The van der Waals surface area contributed by atoms with E-state index in [-0.39, 0.29) is 35.1 Å². The Hall–Kier alpha value is -4.00. The Morgan fingerprint density at radius 2 is 0.686 bits per heavy atom. The zero-order chi connectivity index (χ0) is 24.6. The van der Waals surface area contributed by atoms with Crippen molar-refractivity contribution in [2.75, 3.05) is 13.1 Å². The van der Waals surface area contributed by atoms with E-state index < -0.39 is 0 Å². The Balaban J connectivity index is 1.46. The summed E-state index contributed by atoms with van der Waals surface area (Å²) in [5.41, 5.74) is 2.73. The molecule has 6 nitrogen and oxygen atoms in total. The Kier molecular flexibility index (Phi) is 7.88. The number of aromatic hydroxyl groups is 4. The molecule has 6 N–H and O–H groups in total. The number of para-hydroxylation sites is 4. The molecule has 35 heavy (non-hydrogen) atoms. The van der Waals surface area contributed by atoms with Crippen molar-refractivity contribution in [1.29, 1.82) is 0 Å². The van der Waals surface area contributed by atoms with E-state index in [0.29, 0.717) is 35.3 Å². The van der Waals surface area contributed by atoms with Crippen LogP contribution in [0.1, 0.15) is 40.8 Å². The van der Waals surface area contributed by atoms with Crippen molar-refractivity contribution in [3.63, 3.8) is 0 Å². The fourth-order valence-corrected chi connectivity index (χ4v) is 4.28. The molecule has 0 heterocycles. The molecule has 0 atom stereocenters. The molecule has 4 rings (SSSR count). The molecule has 0 fully saturated rings. The summed E-state index contributed by atoms with van der Waals surface area (Å²) in [6.45, 7) is 1.18. The van der Waals surface area contributed by atoms with Gasteiger partial charge < -0.3 is 31.1 Å². The van der Waals surface area contributed by atoms with Crippen LogP contribution in [-0.2, 0) is 0 Å². The Morgan fingerprint density at radius 3 is 0.943 bits per heavy atom. The fourth-order valence-electron chi connectivity index (χ4n) is 4.28. The Morgan fingerprint density at radius 1 is 0.429 bits per heavy atom. The molecular weight excluding hydrogens is 440 g/mol. The third-order valence-corrected chi connectivity index (χ3v) is 6.04. The molecule has 0 aromatic heterocycles. The number of phenols is 4. The molecule has 0 aliphatic rings. The lowest BCUT2D eigenvalue weighted by Gasteiger charge is -2.23. The maximum absolute atomic E-state index is 10.4. The van der Waals surface area contributed by atoms with Gasteiger partial charge in [-0.05, 0) is 43.8 Å². The lowest BCUT2D eigenvalue weighted by molar-refractivity contribution is 0.434. The van der Waals surface area contributed by atoms with E-state index in [2.05, 4.69) is 10.6 Å². The van der Waals surface area contributed by atoms with Crippen molar-refractivity contribution in [2.24, 2.45) is 0 Å². The van der Waals surface area contributed by atoms with Gasteiger partial charge >= 0.3 is 0 Å². The maximum Gasteiger partial charge on any atom is 0.120 e. The maximum atomic E-state index is 10.4. The van der Waals surface area contributed by atoms with Crippen LogP contribution in [0.3, 0.4) is 0 Å². The molecule has 0 unspecified atom stereocenters. The van der Waals surface area contributed by atoms with Crippen LogP contribution >= 0.6 is 0 Å². The van der Waals surface area contributed by atoms with Gasteiger partial charge in [-0.2, -0.15) is 0 Å². The van der Waals surface area contributed by atoms with Gasteiger partial charge in [0.2, 0.25) is 0 Å². The average molecular weight is 471 g/mol. The van der Waals surface area contributed by atoms with Gasteiger partial charge in [-0.15, -0.1) is 0 Å². The van der Waals surface area contributed by atoms with E-state index in [1.54, 1.807) is 48.5 Å². The van der Waals surface area contributed by atoms with Gasteiger partial charge in [0.15, 0.2) is 0 Å². The number of hydrogen-bond acceptors (Lipinski definition) is 6. The quantitative estimate of drug-likeness (QED) is 0.183. The molecule has 0 aliphatic carbocycles. The van der Waals surface area contributed by atoms with Gasteiger partial charge in [-0.1, -0.05) is 72.8 Å². The number of phenolic OH excluding ortho intramolecular Hbond substituents is 4. The normalized spacial score (nSPS) is 11.3. The first-order valence-corrected chi connectivity index (χ1v) is 11.6. The molecule has 0 amide bonds. The van der Waals surface area contributed by atoms with Crippen LogP contribution in [0.4, 0.5) is 0 Å². The molecular formula is C29H30N2O4. The van der Waals surface area contributed by atoms with Crippen LogP contribution < -0.4 is 10.6 Å². The van der Waals surface area contributed by atoms with Crippen molar-refractivity contribution in [3.05, 3.63) is 119 Å². The minimum absolute atomic E-state index is 0.158. The summed E-state index contributed by atoms with van der Waals surface area (Å²) in [6, 6.07) is 27.6. The van der Waals surface area contributed by atoms with Crippen molar-refractivity contribution in [1.82, 2.24) is 10.6 Å². The van der Waals surface area contributed by atoms with Gasteiger partial charge in [0.05, 0.1) is 12.1 Å². The van der Waals surface area contributed by atoms with Crippen molar-refractivity contribution in [3.8, 4) is 23.0 Å². The number of rotatable bonds is 10. The van der Waals surface area contributed by atoms with Crippen LogP contribution in [0.2, 0.25) is 0 Å². The highest BCUT2D eigenvalue weighted by Crippen LogP contribution is 2.35. The van der Waals surface area contributed by atoms with E-state index in [1.165, 1.54) is 0 Å². The monoisotopic (exact) mass is 470 g/mol. The molecule has 4 aromatic rings. The average Bonchev–Trinajstić information content (AvgIpc) is 2.86. The van der Waals surface area contributed by atoms with E-state index >= 15 is 0 Å². The first-order chi connectivity index (χ1) is 17.1. The second kappa shape index (κ2) is 11.4. The van der Waals surface area contributed by atoms with Gasteiger partial charge in [-0.3, -0.25) is 0 Å². The Bertz CT molecular complexity index is 1070. The lowest BCUT2D eigenvalue weighted by atomic mass is 9.96. The first-order valence-electron chi connectivity index (χ1n) is 11.6. The van der Waals surface area contributed by atoms with E-state index in [1.807, 2.05) is 48.5 Å². The van der Waals surface area contributed by atoms with Crippen molar-refractivity contribution in [2.45, 2.75) is 18.5 Å². The van der Waals surface area contributed by atoms with Gasteiger partial charge in [0.1, 0.15) is 23.0 Å². The largest absolute Gasteiger partial charge is 0.508 e. The highest BCUT2D eigenvalue weighted by Gasteiger charge is 2.21. The predicted octanol–water partition coefficient (Wildman–Crippen LogP) is 4.96. The van der Waals surface area contributed by atoms with Crippen LogP contribution in [0.5, 0.6) is 23.0 Å². The minimum Gasteiger partial charge on any atom is -0.508 e. The number of benzene rings is 4. The zero-order valence-corrected chi connectivity index (χ0v) is 19.3. The molecule has 0 aliphatic heterocycles. The van der Waals surface area contributed by atoms with E-state index in [9.17, 15) is 20.4 Å². The van der Waals surface area contributed by atoms with Crippen LogP contribution in [-0.4, -0.2) is 33.5 Å². The summed E-state index contributed by atoms with van der Waals surface area (Å²) < 4.78 is 0. The third-order valence-electron chi connectivity index (χ3n) is 6.04. The molecule has 6 heteroatoms. The molecule has 180 valence electrons. The van der Waals surface area contributed by atoms with E-state index in [4.69, 9.17) is 0 Å². The van der Waals surface area contributed by atoms with Crippen LogP contribution in [0.25, 0.3) is 0 Å². The van der Waals surface area contributed by atoms with Crippen molar-refractivity contribution < 1.29 is 20.4 Å². The standard InChI is InChI=1S/C29H30N2O4/c32-24-14-5-1-10-20(24)28(21-11-2-6-15-25(21)33)30-18-9-19-31-29(22-12-3-7-16-26(22)34)23-13-4-8-17-27(23)35/h1-8,10-17,28-35H,9,18-19H2. The van der Waals surface area contributed by atoms with Gasteiger partial charge in [0, 0.05) is 22.3 Å². The smallest absolute Gasteiger partial charge is 0.120 e. The molecule has 0 saturated carbocycles. The molecule has 0 bridgehead atoms. The third kappa shape index (κ3) is 5.74. The zero-order valence-electron chi connectivity index (χ0n) is 19.3. The first kappa shape index (κ1) is 24.1. The second-order valence-corrected chi connectivity index (χ2v) is 8.36. The summed E-state index contributed by atoms with van der Waals surface area (Å²) in [7, 11) is 0. The highest BCUT2D eigenvalue weighted by atomic mass is 16.3. The van der Waals surface area contributed by atoms with E-state index in [0.717, 1.165) is 6.42 Å². The SMILES string of the molecule is Oc1ccccc1C(NCCCNC(c1ccccc1O)c1ccccc1O)c1ccccc1O. The topological polar surface area (TPSA) is 105 Å². The minimum atomic E-state index is -0.385. The van der Waals surface area contributed by atoms with Crippen LogP contribution in [0.15, 0.2) is 97.1 Å². The second-order valence-electron chi connectivity index (χ2n) is 8.36. The Labute approximate surface area is 205 Å². The number of hydrogen-bond donors (Lipinski definition) is 6. The molecule has 0 spiro atoms. The lowest BCUT2D eigenvalue weighted by Crippen LogP contribution is -2.29. The molecule has 0 saturated heterocycles. The summed E-state index contributed by atoms with van der Waals surface area (Å²) in [5, 5.41) is 48.6. The summed E-state index contributed by atoms with van der Waals surface area (Å²) in [5.74, 6) is 0.632. The highest BCUT2D eigenvalue weighted by molar-refractivity contribution is 5.46. The molecule has 0 radical (unpaired) electrons. The summed E-state index contributed by atoms with van der Waals surface area (Å²) in [4.78, 5) is 0. The summed E-state index contributed by atoms with van der Waals surface area (Å²) in [6.07, 6.45) is 0.718. The fraction of sp³-hybridized carbons (Fsp3) is 0.172. The van der Waals surface area contributed by atoms with Crippen molar-refractivity contribution >= 4 is 0 Å². The van der Waals surface area contributed by atoms with Gasteiger partial charge in [0.25, 0.3) is 0 Å². The number of nitrogens with one attached hydrogen (secondary N) is 2. The van der Waals surface area contributed by atoms with Crippen LogP contribution in [0, 0.1) is 0 Å². The molecule has 4 aromatic carbocycles. The predicted molar refractivity (Wildman–Crippen MR) is 137 cm³/mol. The summed E-state index contributed by atoms with van der Waals surface area (Å²) >= 11 is 0.